The van der Waals surface area contributed by atoms with E-state index in [0.717, 1.165) is 30.4 Å². The lowest BCUT2D eigenvalue weighted by Crippen LogP contribution is -2.38. The number of amides is 1. The fourth-order valence-corrected chi connectivity index (χ4v) is 2.87. The zero-order chi connectivity index (χ0) is 18.7. The summed E-state index contributed by atoms with van der Waals surface area (Å²) >= 11 is 0. The summed E-state index contributed by atoms with van der Waals surface area (Å²) < 4.78 is 0. The van der Waals surface area contributed by atoms with Crippen LogP contribution < -0.4 is 5.32 Å². The van der Waals surface area contributed by atoms with E-state index in [1.807, 2.05) is 31.2 Å². The first-order valence-electron chi connectivity index (χ1n) is 9.45. The number of unbranched alkanes of at least 4 members (excludes halogenated alkanes) is 6. The van der Waals surface area contributed by atoms with E-state index in [9.17, 15) is 14.9 Å². The van der Waals surface area contributed by atoms with Crippen molar-refractivity contribution in [3.05, 3.63) is 45.5 Å². The van der Waals surface area contributed by atoms with Crippen LogP contribution in [0.4, 0.5) is 0 Å². The van der Waals surface area contributed by atoms with E-state index in [1.165, 1.54) is 25.7 Å². The number of benzene rings is 1. The van der Waals surface area contributed by atoms with E-state index in [1.54, 1.807) is 6.92 Å². The fraction of sp³-hybridized carbons (Fsp3) is 0.650. The predicted molar refractivity (Wildman–Crippen MR) is 101 cm³/mol. The van der Waals surface area contributed by atoms with Gasteiger partial charge in [-0.3, -0.25) is 14.9 Å². The van der Waals surface area contributed by atoms with Crippen molar-refractivity contribution in [1.29, 1.82) is 0 Å². The molecule has 0 aliphatic carbocycles. The van der Waals surface area contributed by atoms with Gasteiger partial charge in [0.2, 0.25) is 11.9 Å². The Balaban J connectivity index is 2.50. The first-order chi connectivity index (χ1) is 12.0. The summed E-state index contributed by atoms with van der Waals surface area (Å²) in [6.07, 6.45) is 8.45. The molecule has 0 radical (unpaired) electrons. The van der Waals surface area contributed by atoms with Gasteiger partial charge in [0.1, 0.15) is 6.04 Å². The van der Waals surface area contributed by atoms with Gasteiger partial charge in [0, 0.05) is 18.3 Å². The van der Waals surface area contributed by atoms with Gasteiger partial charge in [-0.25, -0.2) is 0 Å². The third kappa shape index (κ3) is 8.14. The van der Waals surface area contributed by atoms with Gasteiger partial charge in [-0.2, -0.15) is 0 Å². The number of rotatable bonds is 12. The molecule has 0 bridgehead atoms. The number of aryl methyl sites for hydroxylation is 1. The highest BCUT2D eigenvalue weighted by Gasteiger charge is 2.29. The summed E-state index contributed by atoms with van der Waals surface area (Å²) in [5.74, 6) is -0.104. The lowest BCUT2D eigenvalue weighted by molar-refractivity contribution is -0.523. The first-order valence-corrected chi connectivity index (χ1v) is 9.45. The van der Waals surface area contributed by atoms with Gasteiger partial charge in [0.15, 0.2) is 0 Å². The summed E-state index contributed by atoms with van der Waals surface area (Å²) in [6.45, 7) is 5.70. The quantitative estimate of drug-likeness (QED) is 0.330. The molecule has 0 fully saturated rings. The maximum atomic E-state index is 12.2. The largest absolute Gasteiger partial charge is 0.343 e. The Labute approximate surface area is 151 Å². The minimum atomic E-state index is -0.860. The summed E-state index contributed by atoms with van der Waals surface area (Å²) in [5.41, 5.74) is 1.87. The molecule has 0 saturated carbocycles. The Kier molecular flexibility index (Phi) is 9.81. The molecule has 140 valence electrons. The van der Waals surface area contributed by atoms with Crippen LogP contribution in [0.5, 0.6) is 0 Å². The molecule has 1 rings (SSSR count). The van der Waals surface area contributed by atoms with Crippen molar-refractivity contribution < 1.29 is 9.72 Å². The number of nitro groups is 1. The molecule has 0 aliphatic heterocycles. The highest BCUT2D eigenvalue weighted by molar-refractivity contribution is 5.76. The Hall–Kier alpha value is -1.91. The monoisotopic (exact) mass is 348 g/mol. The lowest BCUT2D eigenvalue weighted by atomic mass is 9.99. The fourth-order valence-electron chi connectivity index (χ4n) is 2.87. The molecule has 0 aliphatic rings. The van der Waals surface area contributed by atoms with Crippen LogP contribution in [0.2, 0.25) is 0 Å². The summed E-state index contributed by atoms with van der Waals surface area (Å²) in [5, 5.41) is 14.1. The van der Waals surface area contributed by atoms with Crippen molar-refractivity contribution in [1.82, 2.24) is 5.32 Å². The molecular weight excluding hydrogens is 316 g/mol. The molecule has 1 amide bonds. The third-order valence-corrected chi connectivity index (χ3v) is 4.58. The van der Waals surface area contributed by atoms with E-state index in [0.29, 0.717) is 6.42 Å². The second-order valence-electron chi connectivity index (χ2n) is 6.85. The minimum absolute atomic E-state index is 0.104. The zero-order valence-corrected chi connectivity index (χ0v) is 15.8. The minimum Gasteiger partial charge on any atom is -0.343 e. The topological polar surface area (TPSA) is 72.2 Å². The Morgan fingerprint density at radius 3 is 2.20 bits per heavy atom. The van der Waals surface area contributed by atoms with Gasteiger partial charge >= 0.3 is 0 Å². The van der Waals surface area contributed by atoms with Crippen LogP contribution >= 0.6 is 0 Å². The molecule has 5 nitrogen and oxygen atoms in total. The zero-order valence-electron chi connectivity index (χ0n) is 15.8. The van der Waals surface area contributed by atoms with Gasteiger partial charge in [0.05, 0.1) is 0 Å². The predicted octanol–water partition coefficient (Wildman–Crippen LogP) is 4.96. The maximum Gasteiger partial charge on any atom is 0.234 e. The van der Waals surface area contributed by atoms with E-state index < -0.39 is 12.1 Å². The van der Waals surface area contributed by atoms with Crippen molar-refractivity contribution in [2.45, 2.75) is 84.2 Å². The molecular formula is C20H32N2O3. The number of nitrogens with one attached hydrogen (secondary N) is 1. The highest BCUT2D eigenvalue weighted by Crippen LogP contribution is 2.20. The summed E-state index contributed by atoms with van der Waals surface area (Å²) in [6, 6.07) is 6.09. The van der Waals surface area contributed by atoms with Crippen LogP contribution in [0.15, 0.2) is 24.3 Å². The molecule has 0 heterocycles. The Morgan fingerprint density at radius 1 is 1.08 bits per heavy atom. The number of carbonyl (C=O) groups excluding carboxylic acids is 1. The van der Waals surface area contributed by atoms with Crippen molar-refractivity contribution in [2.24, 2.45) is 0 Å². The van der Waals surface area contributed by atoms with Crippen molar-refractivity contribution in [3.63, 3.8) is 0 Å². The molecule has 2 atom stereocenters. The van der Waals surface area contributed by atoms with E-state index in [2.05, 4.69) is 12.2 Å². The van der Waals surface area contributed by atoms with Crippen molar-refractivity contribution in [3.8, 4) is 0 Å². The summed E-state index contributed by atoms with van der Waals surface area (Å²) in [7, 11) is 0. The average molecular weight is 348 g/mol. The maximum absolute atomic E-state index is 12.2. The molecule has 1 aromatic rings. The van der Waals surface area contributed by atoms with Crippen LogP contribution in [0.1, 0.15) is 82.4 Å². The van der Waals surface area contributed by atoms with Crippen molar-refractivity contribution >= 4 is 5.91 Å². The van der Waals surface area contributed by atoms with Crippen LogP contribution in [0.3, 0.4) is 0 Å². The van der Waals surface area contributed by atoms with E-state index in [4.69, 9.17) is 0 Å². The van der Waals surface area contributed by atoms with Crippen LogP contribution in [-0.2, 0) is 4.79 Å². The molecule has 2 unspecified atom stereocenters. The van der Waals surface area contributed by atoms with E-state index >= 15 is 0 Å². The molecule has 25 heavy (non-hydrogen) atoms. The van der Waals surface area contributed by atoms with Gasteiger partial charge in [-0.05, 0) is 18.9 Å². The first kappa shape index (κ1) is 21.1. The second kappa shape index (κ2) is 11.6. The molecule has 1 N–H and O–H groups in total. The van der Waals surface area contributed by atoms with E-state index in [-0.39, 0.29) is 10.8 Å². The van der Waals surface area contributed by atoms with Gasteiger partial charge in [-0.15, -0.1) is 0 Å². The molecule has 0 aromatic heterocycles. The Morgan fingerprint density at radius 2 is 1.64 bits per heavy atom. The summed E-state index contributed by atoms with van der Waals surface area (Å²) in [4.78, 5) is 23.1. The number of hydrogen-bond acceptors (Lipinski definition) is 3. The third-order valence-electron chi connectivity index (χ3n) is 4.58. The average Bonchev–Trinajstić information content (AvgIpc) is 2.59. The van der Waals surface area contributed by atoms with Crippen molar-refractivity contribution in [2.75, 3.05) is 0 Å². The smallest absolute Gasteiger partial charge is 0.234 e. The van der Waals surface area contributed by atoms with Gasteiger partial charge in [0.25, 0.3) is 0 Å². The molecule has 5 heteroatoms. The number of carbonyl (C=O) groups is 1. The van der Waals surface area contributed by atoms with Gasteiger partial charge in [-0.1, -0.05) is 75.3 Å². The normalized spacial score (nSPS) is 13.2. The standard InChI is InChI=1S/C20H32N2O3/c1-4-5-6-7-8-9-10-11-19(23)21-20(17(3)22(24)25)18-14-12-16(2)13-15-18/h12-15,17,20H,4-11H2,1-3H3,(H,21,23). The molecule has 1 aromatic carbocycles. The SMILES string of the molecule is CCCCCCCCCC(=O)NC(c1ccc(C)cc1)C(C)[N+](=O)[O-]. The molecule has 0 spiro atoms. The van der Waals surface area contributed by atoms with Crippen LogP contribution in [-0.4, -0.2) is 16.9 Å². The van der Waals surface area contributed by atoms with Crippen LogP contribution in [0.25, 0.3) is 0 Å². The highest BCUT2D eigenvalue weighted by atomic mass is 16.6. The molecule has 0 saturated heterocycles. The Bertz CT molecular complexity index is 528. The number of nitrogens with zero attached hydrogens (tertiary/aromatic N) is 1. The van der Waals surface area contributed by atoms with Crippen LogP contribution in [0, 0.1) is 17.0 Å². The van der Waals surface area contributed by atoms with Gasteiger partial charge < -0.3 is 5.32 Å². The second-order valence-corrected chi connectivity index (χ2v) is 6.85. The number of hydrogen-bond donors (Lipinski definition) is 1. The lowest BCUT2D eigenvalue weighted by Gasteiger charge is -2.20.